The van der Waals surface area contributed by atoms with Crippen molar-refractivity contribution in [1.29, 1.82) is 0 Å². The molecule has 2 heterocycles. The number of fused-ring (bicyclic) bond motifs is 1. The zero-order valence-electron chi connectivity index (χ0n) is 9.84. The average molecular weight is 272 g/mol. The lowest BCUT2D eigenvalue weighted by Gasteiger charge is -2.08. The number of anilines is 2. The Morgan fingerprint density at radius 2 is 1.89 bits per heavy atom. The highest BCUT2D eigenvalue weighted by atomic mass is 35.5. The van der Waals surface area contributed by atoms with Crippen LogP contribution in [0.15, 0.2) is 36.7 Å². The standard InChI is InChI=1S/C13H10ClN5/c14-10-6-18-13(16)19-12(10)8-2-1-3-11-9(8)4-7(15)5-17-11/h1-6H,15H2,(H2,16,18,19). The minimum atomic E-state index is 0.174. The van der Waals surface area contributed by atoms with Crippen molar-refractivity contribution in [3.05, 3.63) is 41.7 Å². The van der Waals surface area contributed by atoms with Crippen molar-refractivity contribution in [3.63, 3.8) is 0 Å². The second kappa shape index (κ2) is 4.37. The normalized spacial score (nSPS) is 10.8. The Labute approximate surface area is 114 Å². The van der Waals surface area contributed by atoms with Crippen LogP contribution in [0, 0.1) is 0 Å². The number of halogens is 1. The SMILES string of the molecule is Nc1cnc2cccc(-c3nc(N)ncc3Cl)c2c1. The monoisotopic (exact) mass is 271 g/mol. The third kappa shape index (κ3) is 2.04. The van der Waals surface area contributed by atoms with Crippen LogP contribution in [0.1, 0.15) is 0 Å². The Morgan fingerprint density at radius 1 is 1.05 bits per heavy atom. The molecule has 0 fully saturated rings. The van der Waals surface area contributed by atoms with Gasteiger partial charge in [-0.3, -0.25) is 4.98 Å². The van der Waals surface area contributed by atoms with Gasteiger partial charge in [0.25, 0.3) is 0 Å². The van der Waals surface area contributed by atoms with Crippen molar-refractivity contribution in [1.82, 2.24) is 15.0 Å². The molecule has 0 saturated heterocycles. The summed E-state index contributed by atoms with van der Waals surface area (Å²) >= 11 is 6.14. The number of nitrogens with two attached hydrogens (primary N) is 2. The molecule has 0 bridgehead atoms. The van der Waals surface area contributed by atoms with E-state index in [2.05, 4.69) is 15.0 Å². The number of nitrogens with zero attached hydrogens (tertiary/aromatic N) is 3. The largest absolute Gasteiger partial charge is 0.397 e. The van der Waals surface area contributed by atoms with Crippen LogP contribution < -0.4 is 11.5 Å². The smallest absolute Gasteiger partial charge is 0.220 e. The Bertz CT molecular complexity index is 772. The number of aromatic nitrogens is 3. The molecule has 0 atom stereocenters. The van der Waals surface area contributed by atoms with Crippen molar-refractivity contribution in [2.45, 2.75) is 0 Å². The molecule has 3 rings (SSSR count). The van der Waals surface area contributed by atoms with E-state index < -0.39 is 0 Å². The second-order valence-corrected chi connectivity index (χ2v) is 4.47. The molecule has 0 amide bonds. The molecule has 3 aromatic rings. The van der Waals surface area contributed by atoms with Gasteiger partial charge in [0.1, 0.15) is 0 Å². The molecule has 0 radical (unpaired) electrons. The number of rotatable bonds is 1. The molecule has 94 valence electrons. The average Bonchev–Trinajstić information content (AvgIpc) is 2.41. The predicted octanol–water partition coefficient (Wildman–Crippen LogP) is 2.51. The zero-order valence-corrected chi connectivity index (χ0v) is 10.6. The summed E-state index contributed by atoms with van der Waals surface area (Å²) < 4.78 is 0. The van der Waals surface area contributed by atoms with Crippen LogP contribution >= 0.6 is 11.6 Å². The van der Waals surface area contributed by atoms with E-state index in [1.54, 1.807) is 6.20 Å². The van der Waals surface area contributed by atoms with Gasteiger partial charge in [-0.1, -0.05) is 23.7 Å². The van der Waals surface area contributed by atoms with Crippen LogP contribution in [0.3, 0.4) is 0 Å². The number of nitrogen functional groups attached to an aromatic ring is 2. The maximum Gasteiger partial charge on any atom is 0.220 e. The summed E-state index contributed by atoms with van der Waals surface area (Å²) in [6, 6.07) is 7.52. The lowest BCUT2D eigenvalue weighted by molar-refractivity contribution is 1.19. The number of hydrogen-bond donors (Lipinski definition) is 2. The first-order valence-corrected chi connectivity index (χ1v) is 5.95. The molecule has 0 aliphatic carbocycles. The van der Waals surface area contributed by atoms with E-state index in [9.17, 15) is 0 Å². The minimum Gasteiger partial charge on any atom is -0.397 e. The van der Waals surface area contributed by atoms with Crippen LogP contribution in [-0.2, 0) is 0 Å². The summed E-state index contributed by atoms with van der Waals surface area (Å²) in [4.78, 5) is 12.3. The lowest BCUT2D eigenvalue weighted by atomic mass is 10.0. The van der Waals surface area contributed by atoms with E-state index in [1.807, 2.05) is 24.3 Å². The molecule has 6 heteroatoms. The first kappa shape index (κ1) is 11.7. The van der Waals surface area contributed by atoms with Gasteiger partial charge in [-0.25, -0.2) is 9.97 Å². The highest BCUT2D eigenvalue weighted by Crippen LogP contribution is 2.32. The van der Waals surface area contributed by atoms with E-state index >= 15 is 0 Å². The fraction of sp³-hybridized carbons (Fsp3) is 0. The Hall–Kier alpha value is -2.40. The number of pyridine rings is 1. The molecule has 0 unspecified atom stereocenters. The van der Waals surface area contributed by atoms with Gasteiger partial charge >= 0.3 is 0 Å². The maximum absolute atomic E-state index is 6.14. The van der Waals surface area contributed by atoms with Crippen LogP contribution in [-0.4, -0.2) is 15.0 Å². The predicted molar refractivity (Wildman–Crippen MR) is 76.6 cm³/mol. The molecule has 2 aromatic heterocycles. The summed E-state index contributed by atoms with van der Waals surface area (Å²) in [7, 11) is 0. The highest BCUT2D eigenvalue weighted by molar-refractivity contribution is 6.33. The summed E-state index contributed by atoms with van der Waals surface area (Å²) in [5.74, 6) is 0.174. The van der Waals surface area contributed by atoms with Gasteiger partial charge in [0, 0.05) is 10.9 Å². The molecule has 0 spiro atoms. The van der Waals surface area contributed by atoms with Gasteiger partial charge in [0.05, 0.1) is 34.3 Å². The summed E-state index contributed by atoms with van der Waals surface area (Å²) in [5.41, 5.74) is 14.2. The highest BCUT2D eigenvalue weighted by Gasteiger charge is 2.11. The minimum absolute atomic E-state index is 0.174. The number of benzene rings is 1. The van der Waals surface area contributed by atoms with Gasteiger partial charge in [-0.2, -0.15) is 0 Å². The van der Waals surface area contributed by atoms with Crippen molar-refractivity contribution < 1.29 is 0 Å². The Morgan fingerprint density at radius 3 is 2.74 bits per heavy atom. The summed E-state index contributed by atoms with van der Waals surface area (Å²) in [6.45, 7) is 0. The quantitative estimate of drug-likeness (QED) is 0.710. The molecule has 5 nitrogen and oxygen atoms in total. The van der Waals surface area contributed by atoms with E-state index in [-0.39, 0.29) is 5.95 Å². The number of hydrogen-bond acceptors (Lipinski definition) is 5. The van der Waals surface area contributed by atoms with Crippen LogP contribution in [0.2, 0.25) is 5.02 Å². The maximum atomic E-state index is 6.14. The second-order valence-electron chi connectivity index (χ2n) is 4.07. The lowest BCUT2D eigenvalue weighted by Crippen LogP contribution is -1.97. The molecule has 0 saturated carbocycles. The third-order valence-corrected chi connectivity index (χ3v) is 3.04. The molecular formula is C13H10ClN5. The van der Waals surface area contributed by atoms with E-state index in [1.165, 1.54) is 6.20 Å². The first-order valence-electron chi connectivity index (χ1n) is 5.58. The van der Waals surface area contributed by atoms with Crippen molar-refractivity contribution in [3.8, 4) is 11.3 Å². The Kier molecular flexibility index (Phi) is 2.68. The van der Waals surface area contributed by atoms with Gasteiger partial charge in [0.2, 0.25) is 5.95 Å². The van der Waals surface area contributed by atoms with Gasteiger partial charge in [0.15, 0.2) is 0 Å². The van der Waals surface area contributed by atoms with E-state index in [4.69, 9.17) is 23.1 Å². The van der Waals surface area contributed by atoms with Crippen molar-refractivity contribution >= 4 is 34.1 Å². The molecule has 1 aromatic carbocycles. The van der Waals surface area contributed by atoms with Gasteiger partial charge in [-0.05, 0) is 12.1 Å². The van der Waals surface area contributed by atoms with Gasteiger partial charge in [-0.15, -0.1) is 0 Å². The Balaban J connectivity index is 2.36. The fourth-order valence-electron chi connectivity index (χ4n) is 1.94. The van der Waals surface area contributed by atoms with E-state index in [0.29, 0.717) is 16.4 Å². The van der Waals surface area contributed by atoms with Crippen LogP contribution in [0.5, 0.6) is 0 Å². The molecular weight excluding hydrogens is 262 g/mol. The van der Waals surface area contributed by atoms with Crippen LogP contribution in [0.25, 0.3) is 22.2 Å². The molecule has 0 aliphatic rings. The molecule has 19 heavy (non-hydrogen) atoms. The van der Waals surface area contributed by atoms with Crippen molar-refractivity contribution in [2.24, 2.45) is 0 Å². The fourth-order valence-corrected chi connectivity index (χ4v) is 2.13. The van der Waals surface area contributed by atoms with Crippen LogP contribution in [0.4, 0.5) is 11.6 Å². The third-order valence-electron chi connectivity index (χ3n) is 2.76. The topological polar surface area (TPSA) is 90.7 Å². The summed E-state index contributed by atoms with van der Waals surface area (Å²) in [6.07, 6.45) is 3.10. The summed E-state index contributed by atoms with van der Waals surface area (Å²) in [5, 5.41) is 1.31. The van der Waals surface area contributed by atoms with E-state index in [0.717, 1.165) is 16.5 Å². The zero-order chi connectivity index (χ0) is 13.4. The first-order chi connectivity index (χ1) is 9.15. The molecule has 4 N–H and O–H groups in total. The van der Waals surface area contributed by atoms with Gasteiger partial charge < -0.3 is 11.5 Å². The van der Waals surface area contributed by atoms with Crippen molar-refractivity contribution in [2.75, 3.05) is 11.5 Å². The molecule has 0 aliphatic heterocycles.